The highest BCUT2D eigenvalue weighted by Crippen LogP contribution is 2.34. The number of rotatable bonds is 8. The molecule has 0 bridgehead atoms. The second-order valence-electron chi connectivity index (χ2n) is 9.07. The van der Waals surface area contributed by atoms with Gasteiger partial charge in [-0.1, -0.05) is 24.3 Å². The molecule has 1 aromatic heterocycles. The standard InChI is InChI=1S/C30H28O6/c1-17-6-8-22(10-19(17)3)25(31)15-34-28-13-24-21(5)12-30(33)36-27(24)14-29(28)35-16-26(32)23-9-7-18(2)20(4)11-23/h6-14H,15-16H2,1-5H3. The van der Waals surface area contributed by atoms with Crippen molar-refractivity contribution in [2.24, 2.45) is 0 Å². The van der Waals surface area contributed by atoms with Crippen molar-refractivity contribution >= 4 is 22.5 Å². The minimum absolute atomic E-state index is 0.188. The molecule has 0 aliphatic carbocycles. The minimum Gasteiger partial charge on any atom is -0.482 e. The highest BCUT2D eigenvalue weighted by atomic mass is 16.5. The van der Waals surface area contributed by atoms with Crippen molar-refractivity contribution < 1.29 is 23.5 Å². The molecule has 0 saturated heterocycles. The summed E-state index contributed by atoms with van der Waals surface area (Å²) in [4.78, 5) is 37.5. The molecule has 0 amide bonds. The molecule has 0 spiro atoms. The van der Waals surface area contributed by atoms with Crippen molar-refractivity contribution in [3.8, 4) is 11.5 Å². The first-order valence-corrected chi connectivity index (χ1v) is 11.7. The molecule has 0 aliphatic rings. The number of ether oxygens (including phenoxy) is 2. The van der Waals surface area contributed by atoms with Gasteiger partial charge in [0.25, 0.3) is 0 Å². The Morgan fingerprint density at radius 3 is 1.64 bits per heavy atom. The molecule has 4 aromatic rings. The van der Waals surface area contributed by atoms with Crippen molar-refractivity contribution in [2.75, 3.05) is 13.2 Å². The second-order valence-corrected chi connectivity index (χ2v) is 9.07. The van der Waals surface area contributed by atoms with Gasteiger partial charge >= 0.3 is 5.63 Å². The number of carbonyl (C=O) groups is 2. The fourth-order valence-electron chi connectivity index (χ4n) is 3.83. The van der Waals surface area contributed by atoms with Gasteiger partial charge in [0.15, 0.2) is 36.3 Å². The van der Waals surface area contributed by atoms with Gasteiger partial charge in [-0.05, 0) is 80.6 Å². The molecule has 6 heteroatoms. The van der Waals surface area contributed by atoms with Crippen molar-refractivity contribution in [1.29, 1.82) is 0 Å². The van der Waals surface area contributed by atoms with Crippen LogP contribution in [0.5, 0.6) is 11.5 Å². The van der Waals surface area contributed by atoms with Crippen molar-refractivity contribution in [1.82, 2.24) is 0 Å². The van der Waals surface area contributed by atoms with Gasteiger partial charge in [-0.3, -0.25) is 9.59 Å². The highest BCUT2D eigenvalue weighted by Gasteiger charge is 2.16. The number of carbonyl (C=O) groups excluding carboxylic acids is 2. The van der Waals surface area contributed by atoms with Crippen LogP contribution in [0.3, 0.4) is 0 Å². The Balaban J connectivity index is 1.61. The number of hydrogen-bond donors (Lipinski definition) is 0. The summed E-state index contributed by atoms with van der Waals surface area (Å²) in [5.41, 5.74) is 5.83. The van der Waals surface area contributed by atoms with E-state index in [0.717, 1.165) is 22.3 Å². The van der Waals surface area contributed by atoms with Crippen LogP contribution in [0.25, 0.3) is 11.0 Å². The van der Waals surface area contributed by atoms with E-state index in [4.69, 9.17) is 13.9 Å². The Morgan fingerprint density at radius 1 is 0.639 bits per heavy atom. The molecule has 36 heavy (non-hydrogen) atoms. The normalized spacial score (nSPS) is 10.9. The molecule has 0 saturated carbocycles. The predicted molar refractivity (Wildman–Crippen MR) is 139 cm³/mol. The van der Waals surface area contributed by atoms with Crippen LogP contribution < -0.4 is 15.1 Å². The fraction of sp³-hybridized carbons (Fsp3) is 0.233. The largest absolute Gasteiger partial charge is 0.482 e. The lowest BCUT2D eigenvalue weighted by Gasteiger charge is -2.14. The van der Waals surface area contributed by atoms with Crippen LogP contribution in [-0.2, 0) is 0 Å². The van der Waals surface area contributed by atoms with E-state index >= 15 is 0 Å². The topological polar surface area (TPSA) is 82.8 Å². The van der Waals surface area contributed by atoms with Gasteiger partial charge in [-0.15, -0.1) is 0 Å². The zero-order valence-corrected chi connectivity index (χ0v) is 21.1. The summed E-state index contributed by atoms with van der Waals surface area (Å²) in [6.07, 6.45) is 0. The number of aryl methyl sites for hydroxylation is 5. The maximum atomic E-state index is 12.8. The summed E-state index contributed by atoms with van der Waals surface area (Å²) in [6, 6.07) is 15.5. The maximum absolute atomic E-state index is 12.8. The van der Waals surface area contributed by atoms with Crippen LogP contribution in [0.15, 0.2) is 63.8 Å². The molecule has 0 N–H and O–H groups in total. The van der Waals surface area contributed by atoms with E-state index in [9.17, 15) is 14.4 Å². The minimum atomic E-state index is -0.490. The van der Waals surface area contributed by atoms with Crippen LogP contribution in [0.2, 0.25) is 0 Å². The molecule has 0 unspecified atom stereocenters. The first-order valence-electron chi connectivity index (χ1n) is 11.7. The Labute approximate surface area is 209 Å². The van der Waals surface area contributed by atoms with Crippen LogP contribution >= 0.6 is 0 Å². The van der Waals surface area contributed by atoms with Crippen molar-refractivity contribution in [3.63, 3.8) is 0 Å². The Hall–Kier alpha value is -4.19. The average Bonchev–Trinajstić information content (AvgIpc) is 2.84. The molecule has 4 rings (SSSR count). The smallest absolute Gasteiger partial charge is 0.336 e. The Bertz CT molecular complexity index is 1540. The Morgan fingerprint density at radius 2 is 1.14 bits per heavy atom. The lowest BCUT2D eigenvalue weighted by Crippen LogP contribution is -2.15. The average molecular weight is 485 g/mol. The van der Waals surface area contributed by atoms with Crippen LogP contribution in [-0.4, -0.2) is 24.8 Å². The summed E-state index contributed by atoms with van der Waals surface area (Å²) >= 11 is 0. The third-order valence-electron chi connectivity index (χ3n) is 6.39. The first kappa shape index (κ1) is 24.9. The lowest BCUT2D eigenvalue weighted by atomic mass is 10.0. The van der Waals surface area contributed by atoms with Crippen LogP contribution in [0.1, 0.15) is 48.5 Å². The van der Waals surface area contributed by atoms with Gasteiger partial charge < -0.3 is 13.9 Å². The van der Waals surface area contributed by atoms with Gasteiger partial charge in [0.1, 0.15) is 5.58 Å². The molecule has 184 valence electrons. The molecule has 3 aromatic carbocycles. The van der Waals surface area contributed by atoms with Gasteiger partial charge in [0.05, 0.1) is 0 Å². The maximum Gasteiger partial charge on any atom is 0.336 e. The second kappa shape index (κ2) is 10.2. The number of ketones is 2. The SMILES string of the molecule is Cc1ccc(C(=O)COc2cc3oc(=O)cc(C)c3cc2OCC(=O)c2ccc(C)c(C)c2)cc1C. The third kappa shape index (κ3) is 5.38. The number of hydrogen-bond acceptors (Lipinski definition) is 6. The molecular formula is C30H28O6. The molecule has 0 aliphatic heterocycles. The predicted octanol–water partition coefficient (Wildman–Crippen LogP) is 5.86. The first-order chi connectivity index (χ1) is 17.1. The Kier molecular flexibility index (Phi) is 7.06. The lowest BCUT2D eigenvalue weighted by molar-refractivity contribution is 0.0895. The molecular weight excluding hydrogens is 456 g/mol. The van der Waals surface area contributed by atoms with Crippen LogP contribution in [0, 0.1) is 34.6 Å². The zero-order valence-electron chi connectivity index (χ0n) is 21.1. The van der Waals surface area contributed by atoms with Gasteiger partial charge in [0.2, 0.25) is 0 Å². The van der Waals surface area contributed by atoms with E-state index in [2.05, 4.69) is 0 Å². The summed E-state index contributed by atoms with van der Waals surface area (Å²) in [6.45, 7) is 9.18. The number of Topliss-reactive ketones (excluding diaryl/α,β-unsaturated/α-hetero) is 2. The molecule has 0 fully saturated rings. The third-order valence-corrected chi connectivity index (χ3v) is 6.39. The van der Waals surface area contributed by atoms with Gasteiger partial charge in [0, 0.05) is 28.6 Å². The van der Waals surface area contributed by atoms with E-state index in [-0.39, 0.29) is 36.3 Å². The van der Waals surface area contributed by atoms with Gasteiger partial charge in [-0.25, -0.2) is 4.79 Å². The van der Waals surface area contributed by atoms with E-state index < -0.39 is 5.63 Å². The summed E-state index contributed by atoms with van der Waals surface area (Å²) in [7, 11) is 0. The quantitative estimate of drug-likeness (QED) is 0.230. The summed E-state index contributed by atoms with van der Waals surface area (Å²) in [5.74, 6) is 0.0959. The molecule has 0 atom stereocenters. The van der Waals surface area contributed by atoms with E-state index in [0.29, 0.717) is 27.7 Å². The molecule has 1 heterocycles. The highest BCUT2D eigenvalue weighted by molar-refractivity contribution is 5.98. The molecule has 6 nitrogen and oxygen atoms in total. The van der Waals surface area contributed by atoms with E-state index in [1.807, 2.05) is 52.0 Å². The fourth-order valence-corrected chi connectivity index (χ4v) is 3.83. The van der Waals surface area contributed by atoms with E-state index in [1.54, 1.807) is 25.1 Å². The number of fused-ring (bicyclic) bond motifs is 1. The monoisotopic (exact) mass is 484 g/mol. The summed E-state index contributed by atoms with van der Waals surface area (Å²) < 4.78 is 17.1. The van der Waals surface area contributed by atoms with Crippen molar-refractivity contribution in [2.45, 2.75) is 34.6 Å². The zero-order chi connectivity index (χ0) is 26.0. The number of benzene rings is 3. The molecule has 0 radical (unpaired) electrons. The van der Waals surface area contributed by atoms with Crippen LogP contribution in [0.4, 0.5) is 0 Å². The summed E-state index contributed by atoms with van der Waals surface area (Å²) in [5, 5.41) is 0.649. The van der Waals surface area contributed by atoms with Gasteiger partial charge in [-0.2, -0.15) is 0 Å². The van der Waals surface area contributed by atoms with E-state index in [1.165, 1.54) is 12.1 Å². The van der Waals surface area contributed by atoms with Crippen molar-refractivity contribution in [3.05, 3.63) is 104 Å².